The van der Waals surface area contributed by atoms with Crippen molar-refractivity contribution < 1.29 is 9.21 Å². The maximum atomic E-state index is 12.4. The fourth-order valence-electron chi connectivity index (χ4n) is 3.25. The Kier molecular flexibility index (Phi) is 5.68. The van der Waals surface area contributed by atoms with Crippen LogP contribution in [-0.4, -0.2) is 16.7 Å². The van der Waals surface area contributed by atoms with Gasteiger partial charge >= 0.3 is 0 Å². The number of hydrogen-bond acceptors (Lipinski definition) is 3. The second-order valence-corrected chi connectivity index (χ2v) is 7.82. The van der Waals surface area contributed by atoms with Gasteiger partial charge in [0.15, 0.2) is 0 Å². The summed E-state index contributed by atoms with van der Waals surface area (Å²) in [6, 6.07) is 23.1. The lowest BCUT2D eigenvalue weighted by Crippen LogP contribution is -2.17. The average molecular weight is 462 g/mol. The van der Waals surface area contributed by atoms with Gasteiger partial charge in [0.05, 0.1) is 6.21 Å². The zero-order chi connectivity index (χ0) is 21.1. The van der Waals surface area contributed by atoms with Crippen LogP contribution < -0.4 is 5.43 Å². The second-order valence-electron chi connectivity index (χ2n) is 6.91. The zero-order valence-corrected chi connectivity index (χ0v) is 18.2. The Labute approximate surface area is 183 Å². The molecule has 4 aromatic rings. The highest BCUT2D eigenvalue weighted by atomic mass is 79.9. The van der Waals surface area contributed by atoms with E-state index in [0.717, 1.165) is 32.9 Å². The number of hydrazone groups is 1. The molecule has 0 radical (unpaired) electrons. The third kappa shape index (κ3) is 4.28. The van der Waals surface area contributed by atoms with E-state index < -0.39 is 0 Å². The first-order valence-corrected chi connectivity index (χ1v) is 10.2. The number of aromatic nitrogens is 1. The molecule has 0 saturated heterocycles. The molecule has 0 aliphatic heterocycles. The molecule has 6 heteroatoms. The molecule has 0 aliphatic rings. The standard InChI is InChI=1S/C24H20BrN3O2/c1-16-3-4-17(2)28(16)21-11-7-19(8-12-21)24(29)27-26-15-22-13-14-23(30-22)18-5-9-20(25)10-6-18/h3-15H,1-2H3,(H,27,29)/b26-15+. The molecule has 1 N–H and O–H groups in total. The number of furan rings is 1. The molecule has 1 amide bonds. The molecule has 2 aromatic carbocycles. The molecule has 5 nitrogen and oxygen atoms in total. The Morgan fingerprint density at radius 2 is 1.60 bits per heavy atom. The molecule has 30 heavy (non-hydrogen) atoms. The highest BCUT2D eigenvalue weighted by Crippen LogP contribution is 2.23. The Morgan fingerprint density at radius 1 is 0.933 bits per heavy atom. The van der Waals surface area contributed by atoms with Crippen molar-refractivity contribution in [2.24, 2.45) is 5.10 Å². The van der Waals surface area contributed by atoms with Gasteiger partial charge in [0.2, 0.25) is 0 Å². The third-order valence-corrected chi connectivity index (χ3v) is 5.30. The average Bonchev–Trinajstić information content (AvgIpc) is 3.35. The molecule has 0 unspecified atom stereocenters. The van der Waals surface area contributed by atoms with E-state index in [1.807, 2.05) is 48.5 Å². The minimum Gasteiger partial charge on any atom is -0.455 e. The van der Waals surface area contributed by atoms with E-state index in [4.69, 9.17) is 4.42 Å². The van der Waals surface area contributed by atoms with Gasteiger partial charge in [-0.1, -0.05) is 28.1 Å². The van der Waals surface area contributed by atoms with Crippen molar-refractivity contribution in [1.29, 1.82) is 0 Å². The molecular formula is C24H20BrN3O2. The largest absolute Gasteiger partial charge is 0.455 e. The van der Waals surface area contributed by atoms with Crippen molar-refractivity contribution in [3.8, 4) is 17.0 Å². The van der Waals surface area contributed by atoms with E-state index in [-0.39, 0.29) is 5.91 Å². The van der Waals surface area contributed by atoms with Gasteiger partial charge in [0.25, 0.3) is 5.91 Å². The van der Waals surface area contributed by atoms with Crippen molar-refractivity contribution in [1.82, 2.24) is 9.99 Å². The summed E-state index contributed by atoms with van der Waals surface area (Å²) in [5.74, 6) is 1.02. The summed E-state index contributed by atoms with van der Waals surface area (Å²) in [4.78, 5) is 12.4. The topological polar surface area (TPSA) is 59.5 Å². The molecule has 0 spiro atoms. The van der Waals surface area contributed by atoms with Crippen molar-refractivity contribution in [2.75, 3.05) is 0 Å². The number of carbonyl (C=O) groups excluding carboxylic acids is 1. The number of benzene rings is 2. The molecule has 4 rings (SSSR count). The molecule has 2 heterocycles. The predicted molar refractivity (Wildman–Crippen MR) is 122 cm³/mol. The first kappa shape index (κ1) is 19.9. The third-order valence-electron chi connectivity index (χ3n) is 4.77. The Balaban J connectivity index is 1.40. The summed E-state index contributed by atoms with van der Waals surface area (Å²) in [5.41, 5.74) is 7.36. The predicted octanol–water partition coefficient (Wildman–Crippen LogP) is 5.88. The van der Waals surface area contributed by atoms with Gasteiger partial charge in [0, 0.05) is 32.7 Å². The summed E-state index contributed by atoms with van der Waals surface area (Å²) >= 11 is 3.42. The SMILES string of the molecule is Cc1ccc(C)n1-c1ccc(C(=O)N/N=C/c2ccc(-c3ccc(Br)cc3)o2)cc1. The lowest BCUT2D eigenvalue weighted by molar-refractivity contribution is 0.0955. The maximum Gasteiger partial charge on any atom is 0.271 e. The molecule has 0 saturated carbocycles. The number of nitrogens with one attached hydrogen (secondary N) is 1. The van der Waals surface area contributed by atoms with E-state index in [1.165, 1.54) is 6.21 Å². The van der Waals surface area contributed by atoms with Crippen LogP contribution in [0.2, 0.25) is 0 Å². The Hall–Kier alpha value is -3.38. The number of nitrogens with zero attached hydrogens (tertiary/aromatic N) is 2. The van der Waals surface area contributed by atoms with Crippen LogP contribution in [0.15, 0.2) is 86.8 Å². The van der Waals surface area contributed by atoms with Gasteiger partial charge < -0.3 is 8.98 Å². The number of halogens is 1. The lowest BCUT2D eigenvalue weighted by Gasteiger charge is -2.09. The van der Waals surface area contributed by atoms with E-state index in [0.29, 0.717) is 11.3 Å². The van der Waals surface area contributed by atoms with Gasteiger partial charge in [-0.3, -0.25) is 4.79 Å². The Morgan fingerprint density at radius 3 is 2.27 bits per heavy atom. The summed E-state index contributed by atoms with van der Waals surface area (Å²) in [6.45, 7) is 4.11. The summed E-state index contributed by atoms with van der Waals surface area (Å²) in [7, 11) is 0. The van der Waals surface area contributed by atoms with E-state index >= 15 is 0 Å². The van der Waals surface area contributed by atoms with Crippen LogP contribution in [-0.2, 0) is 0 Å². The van der Waals surface area contributed by atoms with Crippen LogP contribution in [0, 0.1) is 13.8 Å². The van der Waals surface area contributed by atoms with Crippen molar-refractivity contribution in [3.05, 3.63) is 100.0 Å². The van der Waals surface area contributed by atoms with Crippen LogP contribution in [0.4, 0.5) is 0 Å². The molecule has 0 bridgehead atoms. The van der Waals surface area contributed by atoms with Crippen molar-refractivity contribution in [2.45, 2.75) is 13.8 Å². The fraction of sp³-hybridized carbons (Fsp3) is 0.0833. The highest BCUT2D eigenvalue weighted by molar-refractivity contribution is 9.10. The van der Waals surface area contributed by atoms with Gasteiger partial charge in [-0.2, -0.15) is 5.10 Å². The quantitative estimate of drug-likeness (QED) is 0.298. The summed E-state index contributed by atoms with van der Waals surface area (Å²) < 4.78 is 8.90. The van der Waals surface area contributed by atoms with Crippen LogP contribution in [0.1, 0.15) is 27.5 Å². The minimum atomic E-state index is -0.279. The van der Waals surface area contributed by atoms with Crippen LogP contribution in [0.25, 0.3) is 17.0 Å². The van der Waals surface area contributed by atoms with Crippen molar-refractivity contribution >= 4 is 28.1 Å². The van der Waals surface area contributed by atoms with Crippen LogP contribution in [0.5, 0.6) is 0 Å². The van der Waals surface area contributed by atoms with Crippen molar-refractivity contribution in [3.63, 3.8) is 0 Å². The van der Waals surface area contributed by atoms with Gasteiger partial charge in [-0.15, -0.1) is 0 Å². The molecule has 0 atom stereocenters. The Bertz CT molecular complexity index is 1180. The van der Waals surface area contributed by atoms with Crippen LogP contribution >= 0.6 is 15.9 Å². The number of carbonyl (C=O) groups is 1. The number of aryl methyl sites for hydroxylation is 2. The second kappa shape index (κ2) is 8.55. The molecular weight excluding hydrogens is 442 g/mol. The van der Waals surface area contributed by atoms with E-state index in [1.54, 1.807) is 12.1 Å². The smallest absolute Gasteiger partial charge is 0.271 e. The normalized spacial score (nSPS) is 11.2. The fourth-order valence-corrected chi connectivity index (χ4v) is 3.51. The number of hydrogen-bond donors (Lipinski definition) is 1. The molecule has 0 fully saturated rings. The lowest BCUT2D eigenvalue weighted by atomic mass is 10.2. The number of amides is 1. The zero-order valence-electron chi connectivity index (χ0n) is 16.6. The van der Waals surface area contributed by atoms with E-state index in [2.05, 4.69) is 57.0 Å². The molecule has 2 aromatic heterocycles. The monoisotopic (exact) mass is 461 g/mol. The number of rotatable bonds is 5. The van der Waals surface area contributed by atoms with E-state index in [9.17, 15) is 4.79 Å². The minimum absolute atomic E-state index is 0.279. The maximum absolute atomic E-state index is 12.4. The highest BCUT2D eigenvalue weighted by Gasteiger charge is 2.08. The van der Waals surface area contributed by atoms with Crippen LogP contribution in [0.3, 0.4) is 0 Å². The molecule has 0 aliphatic carbocycles. The van der Waals surface area contributed by atoms with Gasteiger partial charge in [-0.25, -0.2) is 5.43 Å². The molecule has 150 valence electrons. The van der Waals surface area contributed by atoms with Gasteiger partial charge in [-0.05, 0) is 74.5 Å². The summed E-state index contributed by atoms with van der Waals surface area (Å²) in [5, 5.41) is 4.01. The summed E-state index contributed by atoms with van der Waals surface area (Å²) in [6.07, 6.45) is 1.49. The first-order valence-electron chi connectivity index (χ1n) is 9.46. The van der Waals surface area contributed by atoms with Gasteiger partial charge in [0.1, 0.15) is 11.5 Å². The first-order chi connectivity index (χ1) is 14.5.